The molecule has 1 N–H and O–H groups in total. The lowest BCUT2D eigenvalue weighted by molar-refractivity contribution is -0.150. The first-order valence-corrected chi connectivity index (χ1v) is 22.1. The minimum atomic E-state index is -1.85. The molecule has 2 saturated heterocycles. The maximum atomic E-state index is 11.9. The summed E-state index contributed by atoms with van der Waals surface area (Å²) in [4.78, 5) is 37.9. The Morgan fingerprint density at radius 1 is 0.717 bits per heavy atom. The first-order chi connectivity index (χ1) is 25.2. The van der Waals surface area contributed by atoms with Gasteiger partial charge in [0.05, 0.1) is 47.5 Å². The number of rotatable bonds is 10. The largest absolute Gasteiger partial charge is 0.543 e. The number of benzene rings is 2. The van der Waals surface area contributed by atoms with Crippen molar-refractivity contribution in [3.8, 4) is 11.5 Å². The van der Waals surface area contributed by atoms with Gasteiger partial charge in [0.2, 0.25) is 8.32 Å². The molecule has 11 heteroatoms. The van der Waals surface area contributed by atoms with Crippen LogP contribution in [0, 0.1) is 11.8 Å². The van der Waals surface area contributed by atoms with E-state index in [0.29, 0.717) is 13.2 Å². The molecule has 0 unspecified atom stereocenters. The topological polar surface area (TPSA) is 114 Å². The van der Waals surface area contributed by atoms with Gasteiger partial charge in [0, 0.05) is 23.9 Å². The first-order valence-electron chi connectivity index (χ1n) is 19.2. The highest BCUT2D eigenvalue weighted by atomic mass is 28.4. The number of aromatic hydroxyl groups is 1. The molecule has 0 aliphatic carbocycles. The summed E-state index contributed by atoms with van der Waals surface area (Å²) in [6.45, 7) is 21.1. The number of hydrogen-bond acceptors (Lipinski definition) is 10. The minimum absolute atomic E-state index is 0.0405. The van der Waals surface area contributed by atoms with Gasteiger partial charge in [-0.3, -0.25) is 29.4 Å². The third-order valence-corrected chi connectivity index (χ3v) is 15.2. The smallest absolute Gasteiger partial charge is 0.309 e. The highest BCUT2D eigenvalue weighted by Gasteiger charge is 2.39. The number of esters is 2. The van der Waals surface area contributed by atoms with Crippen molar-refractivity contribution in [2.45, 2.75) is 91.5 Å². The first kappa shape index (κ1) is 40.1. The van der Waals surface area contributed by atoms with E-state index in [-0.39, 0.29) is 34.6 Å². The van der Waals surface area contributed by atoms with Crippen LogP contribution in [-0.4, -0.2) is 84.5 Å². The number of carbonyl (C=O) groups is 2. The van der Waals surface area contributed by atoms with Crippen LogP contribution in [-0.2, 0) is 32.2 Å². The number of piperidine rings is 2. The van der Waals surface area contributed by atoms with Crippen molar-refractivity contribution in [2.75, 3.05) is 39.4 Å². The summed E-state index contributed by atoms with van der Waals surface area (Å²) >= 11 is 0. The number of nitrogens with zero attached hydrogens (tertiary/aromatic N) is 4. The van der Waals surface area contributed by atoms with Crippen LogP contribution in [0.5, 0.6) is 11.5 Å². The molecule has 0 atom stereocenters. The van der Waals surface area contributed by atoms with Crippen LogP contribution >= 0.6 is 0 Å². The number of carbonyl (C=O) groups excluding carboxylic acids is 2. The molecule has 286 valence electrons. The molecule has 2 aromatic heterocycles. The molecule has 2 aromatic carbocycles. The fraction of sp³-hybridized carbons (Fsp3) is 0.524. The molecule has 0 saturated carbocycles. The SMILES string of the molecule is CCOC(=O)C1CCN(Cc2ccc3cc(O)ccc3n2)CC1.CCOC(=O)C1CCN(Cc2ccc3cc(O[Si](C)(C)C(C)(C)C)ccc3n2)CC1. The summed E-state index contributed by atoms with van der Waals surface area (Å²) in [6.07, 6.45) is 3.42. The Labute approximate surface area is 316 Å². The fourth-order valence-corrected chi connectivity index (χ4v) is 7.64. The summed E-state index contributed by atoms with van der Waals surface area (Å²) in [5, 5.41) is 11.7. The molecule has 0 spiro atoms. The van der Waals surface area contributed by atoms with Crippen LogP contribution < -0.4 is 4.43 Å². The maximum absolute atomic E-state index is 11.9. The fourth-order valence-electron chi connectivity index (χ4n) is 6.62. The van der Waals surface area contributed by atoms with E-state index in [1.165, 1.54) is 0 Å². The van der Waals surface area contributed by atoms with Gasteiger partial charge >= 0.3 is 11.9 Å². The molecule has 10 nitrogen and oxygen atoms in total. The molecule has 4 aromatic rings. The average Bonchev–Trinajstić information content (AvgIpc) is 3.12. The van der Waals surface area contributed by atoms with Crippen LogP contribution in [0.1, 0.15) is 71.7 Å². The van der Waals surface area contributed by atoms with E-state index >= 15 is 0 Å². The zero-order chi connectivity index (χ0) is 38.2. The Balaban J connectivity index is 0.000000211. The quantitative estimate of drug-likeness (QED) is 0.126. The number of likely N-dealkylation sites (tertiary alicyclic amines) is 2. The van der Waals surface area contributed by atoms with E-state index in [2.05, 4.69) is 72.9 Å². The van der Waals surface area contributed by atoms with Crippen LogP contribution in [0.4, 0.5) is 0 Å². The summed E-state index contributed by atoms with van der Waals surface area (Å²) in [5.74, 6) is 1.18. The van der Waals surface area contributed by atoms with Crippen LogP contribution in [0.25, 0.3) is 21.8 Å². The summed E-state index contributed by atoms with van der Waals surface area (Å²) < 4.78 is 16.7. The number of phenols is 1. The second-order valence-corrected chi connectivity index (χ2v) is 20.5. The number of aromatic nitrogens is 2. The Kier molecular flexibility index (Phi) is 13.5. The van der Waals surface area contributed by atoms with Gasteiger partial charge in [-0.25, -0.2) is 0 Å². The van der Waals surface area contributed by atoms with Crippen molar-refractivity contribution in [2.24, 2.45) is 11.8 Å². The third-order valence-electron chi connectivity index (χ3n) is 10.8. The van der Waals surface area contributed by atoms with Crippen molar-refractivity contribution in [3.63, 3.8) is 0 Å². The zero-order valence-corrected chi connectivity index (χ0v) is 33.7. The number of phenolic OH excluding ortho intramolecular Hbond substituents is 1. The van der Waals surface area contributed by atoms with Crippen molar-refractivity contribution in [1.29, 1.82) is 0 Å². The number of ether oxygens (including phenoxy) is 2. The highest BCUT2D eigenvalue weighted by Crippen LogP contribution is 2.38. The van der Waals surface area contributed by atoms with Gasteiger partial charge in [0.1, 0.15) is 11.5 Å². The van der Waals surface area contributed by atoms with Gasteiger partial charge in [-0.05, 0) is 132 Å². The van der Waals surface area contributed by atoms with Crippen molar-refractivity contribution < 1.29 is 28.6 Å². The Bertz CT molecular complexity index is 1840. The number of fused-ring (bicyclic) bond motifs is 2. The Hall–Kier alpha value is -4.06. The van der Waals surface area contributed by atoms with E-state index < -0.39 is 8.32 Å². The van der Waals surface area contributed by atoms with Gasteiger partial charge in [0.15, 0.2) is 0 Å². The van der Waals surface area contributed by atoms with Gasteiger partial charge in [-0.1, -0.05) is 32.9 Å². The van der Waals surface area contributed by atoms with Crippen molar-refractivity contribution in [1.82, 2.24) is 19.8 Å². The molecule has 0 amide bonds. The molecule has 2 aliphatic heterocycles. The molecular weight excluding hydrogens is 685 g/mol. The predicted octanol–water partition coefficient (Wildman–Crippen LogP) is 8.11. The highest BCUT2D eigenvalue weighted by molar-refractivity contribution is 6.74. The van der Waals surface area contributed by atoms with Crippen molar-refractivity contribution >= 4 is 42.1 Å². The van der Waals surface area contributed by atoms with Gasteiger partial charge in [0.25, 0.3) is 0 Å². The lowest BCUT2D eigenvalue weighted by atomic mass is 9.97. The molecule has 2 fully saturated rings. The summed E-state index contributed by atoms with van der Waals surface area (Å²) in [5.41, 5.74) is 3.96. The monoisotopic (exact) mass is 742 g/mol. The normalized spacial score (nSPS) is 16.6. The summed E-state index contributed by atoms with van der Waals surface area (Å²) in [7, 11) is -1.85. The molecule has 6 rings (SSSR count). The lowest BCUT2D eigenvalue weighted by Gasteiger charge is -2.36. The second-order valence-electron chi connectivity index (χ2n) is 15.8. The minimum Gasteiger partial charge on any atom is -0.543 e. The van der Waals surface area contributed by atoms with Crippen molar-refractivity contribution in [3.05, 3.63) is 72.1 Å². The molecular formula is C42H58N4O6Si. The predicted molar refractivity (Wildman–Crippen MR) is 212 cm³/mol. The second kappa shape index (κ2) is 17.8. The number of pyridine rings is 2. The van der Waals surface area contributed by atoms with Crippen LogP contribution in [0.3, 0.4) is 0 Å². The molecule has 4 heterocycles. The van der Waals surface area contributed by atoms with Gasteiger partial charge in [-0.15, -0.1) is 0 Å². The maximum Gasteiger partial charge on any atom is 0.309 e. The average molecular weight is 743 g/mol. The molecule has 2 aliphatic rings. The van der Waals surface area contributed by atoms with E-state index in [0.717, 1.165) is 104 Å². The van der Waals surface area contributed by atoms with E-state index in [4.69, 9.17) is 18.9 Å². The standard InChI is InChI=1S/C24H36N2O3Si.C18H22N2O3/c1-7-28-23(27)18-12-14-26(15-13-18)17-20-9-8-19-16-21(10-11-22(19)25-20)29-30(5,6)24(2,3)4;1-2-23-18(22)13-7-9-20(10-8-13)12-15-4-3-14-11-16(21)5-6-17(14)19-15/h8-11,16,18H,7,12-15,17H2,1-6H3;3-6,11,13,21H,2,7-10,12H2,1H3. The third kappa shape index (κ3) is 11.0. The van der Waals surface area contributed by atoms with Gasteiger partial charge in [-0.2, -0.15) is 0 Å². The van der Waals surface area contributed by atoms with Gasteiger partial charge < -0.3 is 19.0 Å². The van der Waals surface area contributed by atoms with E-state index in [1.54, 1.807) is 12.1 Å². The Morgan fingerprint density at radius 3 is 1.62 bits per heavy atom. The Morgan fingerprint density at radius 2 is 1.17 bits per heavy atom. The number of hydrogen-bond donors (Lipinski definition) is 1. The molecule has 0 bridgehead atoms. The lowest BCUT2D eigenvalue weighted by Crippen LogP contribution is -2.43. The molecule has 53 heavy (non-hydrogen) atoms. The summed E-state index contributed by atoms with van der Waals surface area (Å²) in [6, 6.07) is 19.7. The van der Waals surface area contributed by atoms with Crippen LogP contribution in [0.2, 0.25) is 18.1 Å². The van der Waals surface area contributed by atoms with E-state index in [9.17, 15) is 14.7 Å². The van der Waals surface area contributed by atoms with Crippen LogP contribution in [0.15, 0.2) is 60.7 Å². The zero-order valence-electron chi connectivity index (χ0n) is 32.7. The van der Waals surface area contributed by atoms with E-state index in [1.807, 2.05) is 38.1 Å². The molecule has 0 radical (unpaired) electrons.